The summed E-state index contributed by atoms with van der Waals surface area (Å²) < 4.78 is 10.1. The molecule has 0 saturated heterocycles. The lowest BCUT2D eigenvalue weighted by Gasteiger charge is -2.07. The van der Waals surface area contributed by atoms with E-state index in [1.165, 1.54) is 12.1 Å². The number of benzene rings is 1. The van der Waals surface area contributed by atoms with Gasteiger partial charge in [0.1, 0.15) is 11.5 Å². The zero-order valence-electron chi connectivity index (χ0n) is 10.2. The molecule has 0 saturated carbocycles. The molecule has 0 aliphatic rings. The number of phenols is 1. The zero-order chi connectivity index (χ0) is 13.4. The molecule has 1 N–H and O–H groups in total. The average Bonchev–Trinajstić information content (AvgIpc) is 2.37. The van der Waals surface area contributed by atoms with Crippen LogP contribution in [-0.4, -0.2) is 30.6 Å². The Bertz CT molecular complexity index is 414. The summed E-state index contributed by atoms with van der Waals surface area (Å²) in [4.78, 5) is 21.6. The molecule has 0 amide bonds. The summed E-state index contributed by atoms with van der Waals surface area (Å²) in [6, 6.07) is 4.41. The molecule has 1 aromatic rings. The first-order valence-corrected chi connectivity index (χ1v) is 5.74. The van der Waals surface area contributed by atoms with Crippen molar-refractivity contribution in [3.05, 3.63) is 23.8 Å². The molecule has 1 aromatic carbocycles. The SMILES string of the molecule is CCOC(=O)CCCOc1ccc(O)c(C=O)c1. The number of ether oxygens (including phenoxy) is 2. The van der Waals surface area contributed by atoms with Crippen LogP contribution in [0.2, 0.25) is 0 Å². The van der Waals surface area contributed by atoms with Gasteiger partial charge in [0.15, 0.2) is 6.29 Å². The van der Waals surface area contributed by atoms with Crippen LogP contribution in [0.15, 0.2) is 18.2 Å². The highest BCUT2D eigenvalue weighted by molar-refractivity contribution is 5.79. The van der Waals surface area contributed by atoms with Gasteiger partial charge in [-0.1, -0.05) is 0 Å². The molecule has 0 aliphatic carbocycles. The second-order valence-electron chi connectivity index (χ2n) is 3.60. The van der Waals surface area contributed by atoms with Gasteiger partial charge in [-0.05, 0) is 31.5 Å². The largest absolute Gasteiger partial charge is 0.507 e. The van der Waals surface area contributed by atoms with Crippen LogP contribution >= 0.6 is 0 Å². The third-order valence-corrected chi connectivity index (χ3v) is 2.23. The van der Waals surface area contributed by atoms with E-state index in [1.54, 1.807) is 13.0 Å². The Kier molecular flexibility index (Phi) is 5.70. The number of aromatic hydroxyl groups is 1. The summed E-state index contributed by atoms with van der Waals surface area (Å²) in [5, 5.41) is 9.29. The van der Waals surface area contributed by atoms with Gasteiger partial charge in [-0.2, -0.15) is 0 Å². The Morgan fingerprint density at radius 2 is 2.22 bits per heavy atom. The lowest BCUT2D eigenvalue weighted by Crippen LogP contribution is -2.06. The third-order valence-electron chi connectivity index (χ3n) is 2.23. The van der Waals surface area contributed by atoms with Crippen LogP contribution in [0, 0.1) is 0 Å². The number of phenolic OH excluding ortho intramolecular Hbond substituents is 1. The number of esters is 1. The van der Waals surface area contributed by atoms with Gasteiger partial charge in [0, 0.05) is 6.42 Å². The van der Waals surface area contributed by atoms with Crippen molar-refractivity contribution in [2.45, 2.75) is 19.8 Å². The van der Waals surface area contributed by atoms with Gasteiger partial charge in [0.2, 0.25) is 0 Å². The highest BCUT2D eigenvalue weighted by atomic mass is 16.5. The van der Waals surface area contributed by atoms with Crippen molar-refractivity contribution in [3.63, 3.8) is 0 Å². The fourth-order valence-electron chi connectivity index (χ4n) is 1.36. The molecule has 5 nitrogen and oxygen atoms in total. The first kappa shape index (κ1) is 14.0. The summed E-state index contributed by atoms with van der Waals surface area (Å²) in [5.41, 5.74) is 0.179. The molecule has 0 aromatic heterocycles. The first-order valence-electron chi connectivity index (χ1n) is 5.74. The molecule has 0 radical (unpaired) electrons. The van der Waals surface area contributed by atoms with E-state index in [-0.39, 0.29) is 17.3 Å². The molecule has 0 heterocycles. The fourth-order valence-corrected chi connectivity index (χ4v) is 1.36. The Morgan fingerprint density at radius 1 is 1.44 bits per heavy atom. The minimum atomic E-state index is -0.250. The number of carbonyl (C=O) groups excluding carboxylic acids is 2. The van der Waals surface area contributed by atoms with Crippen molar-refractivity contribution in [3.8, 4) is 11.5 Å². The molecule has 98 valence electrons. The van der Waals surface area contributed by atoms with Crippen LogP contribution in [0.1, 0.15) is 30.1 Å². The van der Waals surface area contributed by atoms with Gasteiger partial charge >= 0.3 is 5.97 Å². The minimum Gasteiger partial charge on any atom is -0.507 e. The van der Waals surface area contributed by atoms with Gasteiger partial charge in [0.05, 0.1) is 18.8 Å². The second-order valence-corrected chi connectivity index (χ2v) is 3.60. The minimum absolute atomic E-state index is 0.0797. The van der Waals surface area contributed by atoms with Crippen molar-refractivity contribution in [2.75, 3.05) is 13.2 Å². The van der Waals surface area contributed by atoms with E-state index in [2.05, 4.69) is 0 Å². The average molecular weight is 252 g/mol. The van der Waals surface area contributed by atoms with Crippen LogP contribution in [0.4, 0.5) is 0 Å². The highest BCUT2D eigenvalue weighted by Gasteiger charge is 2.04. The van der Waals surface area contributed by atoms with Crippen molar-refractivity contribution in [1.82, 2.24) is 0 Å². The molecule has 0 aliphatic heterocycles. The summed E-state index contributed by atoms with van der Waals surface area (Å²) in [6.45, 7) is 2.48. The van der Waals surface area contributed by atoms with E-state index in [0.717, 1.165) is 0 Å². The van der Waals surface area contributed by atoms with Crippen LogP contribution in [0.3, 0.4) is 0 Å². The van der Waals surface area contributed by atoms with Crippen LogP contribution in [0.5, 0.6) is 11.5 Å². The van der Waals surface area contributed by atoms with Gasteiger partial charge in [-0.3, -0.25) is 9.59 Å². The maximum Gasteiger partial charge on any atom is 0.305 e. The first-order chi connectivity index (χ1) is 8.67. The molecular weight excluding hydrogens is 236 g/mol. The molecule has 0 bridgehead atoms. The maximum atomic E-state index is 11.0. The Morgan fingerprint density at radius 3 is 2.89 bits per heavy atom. The van der Waals surface area contributed by atoms with Crippen molar-refractivity contribution >= 4 is 12.3 Å². The van der Waals surface area contributed by atoms with Crippen molar-refractivity contribution < 1.29 is 24.2 Å². The second kappa shape index (κ2) is 7.32. The molecule has 0 atom stereocenters. The van der Waals surface area contributed by atoms with E-state index >= 15 is 0 Å². The van der Waals surface area contributed by atoms with Crippen LogP contribution in [-0.2, 0) is 9.53 Å². The summed E-state index contributed by atoms with van der Waals surface area (Å²) in [5.74, 6) is 0.156. The van der Waals surface area contributed by atoms with Gasteiger partial charge in [0.25, 0.3) is 0 Å². The van der Waals surface area contributed by atoms with E-state index in [4.69, 9.17) is 9.47 Å². The normalized spacial score (nSPS) is 9.83. The third kappa shape index (κ3) is 4.45. The molecule has 1 rings (SSSR count). The molecule has 18 heavy (non-hydrogen) atoms. The Hall–Kier alpha value is -2.04. The van der Waals surface area contributed by atoms with Crippen molar-refractivity contribution in [1.29, 1.82) is 0 Å². The topological polar surface area (TPSA) is 72.8 Å². The summed E-state index contributed by atoms with van der Waals surface area (Å²) >= 11 is 0. The predicted octanol–water partition coefficient (Wildman–Crippen LogP) is 1.93. The molecule has 5 heteroatoms. The molecule has 0 unspecified atom stereocenters. The number of hydrogen-bond donors (Lipinski definition) is 1. The highest BCUT2D eigenvalue weighted by Crippen LogP contribution is 2.21. The van der Waals surface area contributed by atoms with E-state index in [9.17, 15) is 14.7 Å². The van der Waals surface area contributed by atoms with Gasteiger partial charge in [-0.15, -0.1) is 0 Å². The molecular formula is C13H16O5. The predicted molar refractivity (Wildman–Crippen MR) is 64.9 cm³/mol. The summed E-state index contributed by atoms with van der Waals surface area (Å²) in [7, 11) is 0. The van der Waals surface area contributed by atoms with Crippen LogP contribution in [0.25, 0.3) is 0 Å². The zero-order valence-corrected chi connectivity index (χ0v) is 10.2. The lowest BCUT2D eigenvalue weighted by atomic mass is 10.2. The fraction of sp³-hybridized carbons (Fsp3) is 0.385. The standard InChI is InChI=1S/C13H16O5/c1-2-17-13(16)4-3-7-18-11-5-6-12(15)10(8-11)9-14/h5-6,8-9,15H,2-4,7H2,1H3. The van der Waals surface area contributed by atoms with Crippen molar-refractivity contribution in [2.24, 2.45) is 0 Å². The molecule has 0 spiro atoms. The van der Waals surface area contributed by atoms with E-state index < -0.39 is 0 Å². The number of hydrogen-bond acceptors (Lipinski definition) is 5. The Labute approximate surface area is 105 Å². The molecule has 0 fully saturated rings. The Balaban J connectivity index is 2.35. The lowest BCUT2D eigenvalue weighted by molar-refractivity contribution is -0.143. The van der Waals surface area contributed by atoms with Crippen LogP contribution < -0.4 is 4.74 Å². The van der Waals surface area contributed by atoms with E-state index in [1.807, 2.05) is 0 Å². The number of carbonyl (C=O) groups is 2. The number of rotatable bonds is 7. The quantitative estimate of drug-likeness (QED) is 0.456. The van der Waals surface area contributed by atoms with E-state index in [0.29, 0.717) is 38.1 Å². The number of aldehydes is 1. The summed E-state index contributed by atoms with van der Waals surface area (Å²) in [6.07, 6.45) is 1.39. The monoisotopic (exact) mass is 252 g/mol. The van der Waals surface area contributed by atoms with Gasteiger partial charge < -0.3 is 14.6 Å². The van der Waals surface area contributed by atoms with Gasteiger partial charge in [-0.25, -0.2) is 0 Å². The maximum absolute atomic E-state index is 11.0. The smallest absolute Gasteiger partial charge is 0.305 e.